The molecule has 2 aromatic carbocycles. The van der Waals surface area contributed by atoms with Gasteiger partial charge >= 0.3 is 5.97 Å². The van der Waals surface area contributed by atoms with Crippen molar-refractivity contribution in [1.29, 1.82) is 0 Å². The fourth-order valence-electron chi connectivity index (χ4n) is 2.23. The van der Waals surface area contributed by atoms with E-state index in [1.165, 1.54) is 18.5 Å². The normalized spacial score (nSPS) is 10.7. The van der Waals surface area contributed by atoms with Gasteiger partial charge in [0, 0.05) is 28.5 Å². The number of hydrogen-bond acceptors (Lipinski definition) is 4. The molecule has 0 atom stereocenters. The summed E-state index contributed by atoms with van der Waals surface area (Å²) in [6, 6.07) is 16.8. The van der Waals surface area contributed by atoms with Crippen molar-refractivity contribution < 1.29 is 14.3 Å². The number of pyridine rings is 1. The topological polar surface area (TPSA) is 56.3 Å². The first kappa shape index (κ1) is 17.6. The molecule has 0 N–H and O–H groups in total. The van der Waals surface area contributed by atoms with Gasteiger partial charge in [-0.25, -0.2) is 4.79 Å². The van der Waals surface area contributed by atoms with E-state index in [0.717, 1.165) is 0 Å². The Morgan fingerprint density at radius 3 is 2.31 bits per heavy atom. The van der Waals surface area contributed by atoms with Gasteiger partial charge in [0.1, 0.15) is 5.75 Å². The molecule has 0 bridgehead atoms. The first-order valence-electron chi connectivity index (χ1n) is 7.83. The summed E-state index contributed by atoms with van der Waals surface area (Å²) in [6.07, 6.45) is 6.09. The van der Waals surface area contributed by atoms with Gasteiger partial charge in [-0.3, -0.25) is 9.78 Å². The molecule has 5 heteroatoms. The van der Waals surface area contributed by atoms with E-state index in [1.54, 1.807) is 66.7 Å². The van der Waals surface area contributed by atoms with Crippen LogP contribution in [0.25, 0.3) is 6.08 Å². The number of ketones is 1. The van der Waals surface area contributed by atoms with Gasteiger partial charge in [-0.05, 0) is 54.6 Å². The molecule has 0 spiro atoms. The predicted octanol–water partition coefficient (Wildman–Crippen LogP) is 4.85. The fraction of sp³-hybridized carbons (Fsp3) is 0. The number of halogens is 1. The maximum Gasteiger partial charge on any atom is 0.343 e. The van der Waals surface area contributed by atoms with Crippen molar-refractivity contribution in [1.82, 2.24) is 4.98 Å². The molecule has 1 aromatic heterocycles. The third-order valence-corrected chi connectivity index (χ3v) is 3.83. The molecule has 0 radical (unpaired) electrons. The summed E-state index contributed by atoms with van der Waals surface area (Å²) in [4.78, 5) is 28.3. The van der Waals surface area contributed by atoms with E-state index in [-0.39, 0.29) is 5.78 Å². The first-order valence-corrected chi connectivity index (χ1v) is 8.20. The van der Waals surface area contributed by atoms with E-state index in [2.05, 4.69) is 4.98 Å². The summed E-state index contributed by atoms with van der Waals surface area (Å²) in [5.41, 5.74) is 1.55. The molecule has 0 saturated carbocycles. The predicted molar refractivity (Wildman–Crippen MR) is 100 cm³/mol. The zero-order valence-electron chi connectivity index (χ0n) is 13.6. The van der Waals surface area contributed by atoms with E-state index in [4.69, 9.17) is 16.3 Å². The Bertz CT molecular complexity index is 951. The minimum Gasteiger partial charge on any atom is -0.422 e. The lowest BCUT2D eigenvalue weighted by atomic mass is 10.1. The molecule has 0 aliphatic rings. The minimum atomic E-state index is -0.489. The van der Waals surface area contributed by atoms with Gasteiger partial charge in [0.15, 0.2) is 5.78 Å². The highest BCUT2D eigenvalue weighted by atomic mass is 35.5. The number of carbonyl (C=O) groups is 2. The lowest BCUT2D eigenvalue weighted by molar-refractivity contribution is 0.0734. The standard InChI is InChI=1S/C21H14ClNO3/c22-18-8-5-15(6-9-18)19(24)10-7-16-3-1-2-4-20(16)26-21(25)17-11-13-23-14-12-17/h1-14H. The number of aromatic nitrogens is 1. The molecule has 128 valence electrons. The molecule has 4 nitrogen and oxygen atoms in total. The molecule has 0 fully saturated rings. The summed E-state index contributed by atoms with van der Waals surface area (Å²) in [6.45, 7) is 0. The van der Waals surface area contributed by atoms with Gasteiger partial charge in [0.2, 0.25) is 0 Å². The Labute approximate surface area is 155 Å². The zero-order valence-corrected chi connectivity index (χ0v) is 14.4. The highest BCUT2D eigenvalue weighted by Gasteiger charge is 2.10. The summed E-state index contributed by atoms with van der Waals surface area (Å²) in [5, 5.41) is 0.568. The smallest absolute Gasteiger partial charge is 0.343 e. The Hall–Kier alpha value is -3.24. The molecular formula is C21H14ClNO3. The average molecular weight is 364 g/mol. The molecule has 0 saturated heterocycles. The SMILES string of the molecule is O=C(C=Cc1ccccc1OC(=O)c1ccncc1)c1ccc(Cl)cc1. The Morgan fingerprint density at radius 2 is 1.58 bits per heavy atom. The molecular weight excluding hydrogens is 350 g/mol. The second kappa shape index (κ2) is 8.23. The maximum absolute atomic E-state index is 12.2. The summed E-state index contributed by atoms with van der Waals surface area (Å²) >= 11 is 5.83. The minimum absolute atomic E-state index is 0.170. The average Bonchev–Trinajstić information content (AvgIpc) is 2.68. The largest absolute Gasteiger partial charge is 0.422 e. The summed E-state index contributed by atoms with van der Waals surface area (Å²) in [7, 11) is 0. The van der Waals surface area contributed by atoms with Crippen LogP contribution in [-0.4, -0.2) is 16.7 Å². The molecule has 0 aliphatic heterocycles. The Kier molecular flexibility index (Phi) is 5.56. The molecule has 26 heavy (non-hydrogen) atoms. The van der Waals surface area contributed by atoms with Gasteiger partial charge in [-0.15, -0.1) is 0 Å². The van der Waals surface area contributed by atoms with Crippen molar-refractivity contribution in [2.24, 2.45) is 0 Å². The number of esters is 1. The van der Waals surface area contributed by atoms with Crippen LogP contribution in [0.15, 0.2) is 79.1 Å². The van der Waals surface area contributed by atoms with Gasteiger partial charge in [-0.1, -0.05) is 29.8 Å². The summed E-state index contributed by atoms with van der Waals surface area (Å²) in [5.74, 6) is -0.288. The van der Waals surface area contributed by atoms with E-state index >= 15 is 0 Å². The molecule has 1 heterocycles. The van der Waals surface area contributed by atoms with Gasteiger partial charge in [0.05, 0.1) is 5.56 Å². The third-order valence-electron chi connectivity index (χ3n) is 3.58. The molecule has 0 amide bonds. The van der Waals surface area contributed by atoms with E-state index in [0.29, 0.717) is 27.5 Å². The number of carbonyl (C=O) groups excluding carboxylic acids is 2. The number of allylic oxidation sites excluding steroid dienone is 1. The highest BCUT2D eigenvalue weighted by molar-refractivity contribution is 6.30. The van der Waals surface area contributed by atoms with Crippen molar-refractivity contribution in [3.05, 3.63) is 101 Å². The highest BCUT2D eigenvalue weighted by Crippen LogP contribution is 2.21. The first-order chi connectivity index (χ1) is 12.6. The van der Waals surface area contributed by atoms with E-state index in [9.17, 15) is 9.59 Å². The van der Waals surface area contributed by atoms with Crippen molar-refractivity contribution in [3.63, 3.8) is 0 Å². The van der Waals surface area contributed by atoms with Crippen molar-refractivity contribution in [3.8, 4) is 5.75 Å². The van der Waals surface area contributed by atoms with Crippen LogP contribution in [0.5, 0.6) is 5.75 Å². The van der Waals surface area contributed by atoms with Crippen LogP contribution in [0.3, 0.4) is 0 Å². The Balaban J connectivity index is 1.77. The molecule has 0 unspecified atom stereocenters. The maximum atomic E-state index is 12.2. The van der Waals surface area contributed by atoms with Gasteiger partial charge < -0.3 is 4.74 Å². The monoisotopic (exact) mass is 363 g/mol. The molecule has 0 aliphatic carbocycles. The lowest BCUT2D eigenvalue weighted by Crippen LogP contribution is -2.09. The van der Waals surface area contributed by atoms with Crippen LogP contribution in [-0.2, 0) is 0 Å². The van der Waals surface area contributed by atoms with Crippen molar-refractivity contribution in [2.45, 2.75) is 0 Å². The van der Waals surface area contributed by atoms with Gasteiger partial charge in [-0.2, -0.15) is 0 Å². The van der Waals surface area contributed by atoms with Gasteiger partial charge in [0.25, 0.3) is 0 Å². The molecule has 3 rings (SSSR count). The van der Waals surface area contributed by atoms with Crippen LogP contribution in [0, 0.1) is 0 Å². The lowest BCUT2D eigenvalue weighted by Gasteiger charge is -2.07. The molecule has 3 aromatic rings. The third kappa shape index (κ3) is 4.43. The number of rotatable bonds is 5. The number of ether oxygens (including phenoxy) is 1. The number of hydrogen-bond donors (Lipinski definition) is 0. The van der Waals surface area contributed by atoms with E-state index < -0.39 is 5.97 Å². The second-order valence-electron chi connectivity index (χ2n) is 5.37. The number of nitrogens with zero attached hydrogens (tertiary/aromatic N) is 1. The van der Waals surface area contributed by atoms with Crippen molar-refractivity contribution in [2.75, 3.05) is 0 Å². The van der Waals surface area contributed by atoms with Crippen molar-refractivity contribution >= 4 is 29.4 Å². The quantitative estimate of drug-likeness (QED) is 0.281. The zero-order chi connectivity index (χ0) is 18.4. The van der Waals surface area contributed by atoms with Crippen LogP contribution in [0.1, 0.15) is 26.3 Å². The summed E-state index contributed by atoms with van der Waals surface area (Å²) < 4.78 is 5.44. The van der Waals surface area contributed by atoms with E-state index in [1.807, 2.05) is 0 Å². The van der Waals surface area contributed by atoms with Crippen LogP contribution >= 0.6 is 11.6 Å². The van der Waals surface area contributed by atoms with Crippen LogP contribution < -0.4 is 4.74 Å². The van der Waals surface area contributed by atoms with Crippen LogP contribution in [0.2, 0.25) is 5.02 Å². The fourth-order valence-corrected chi connectivity index (χ4v) is 2.36. The number of benzene rings is 2. The number of para-hydroxylation sites is 1. The van der Waals surface area contributed by atoms with Crippen LogP contribution in [0.4, 0.5) is 0 Å². The Morgan fingerprint density at radius 1 is 0.885 bits per heavy atom. The second-order valence-corrected chi connectivity index (χ2v) is 5.80.